The molecule has 48 heavy (non-hydrogen) atoms. The van der Waals surface area contributed by atoms with Crippen molar-refractivity contribution in [3.63, 3.8) is 0 Å². The number of primary amides is 1. The van der Waals surface area contributed by atoms with Gasteiger partial charge in [0, 0.05) is 23.1 Å². The number of phenols is 1. The van der Waals surface area contributed by atoms with E-state index in [1.807, 2.05) is 20.8 Å². The van der Waals surface area contributed by atoms with Crippen molar-refractivity contribution < 1.29 is 56.8 Å². The quantitative estimate of drug-likeness (QED) is 0.132. The standard InChI is InChI=1S/C31H41F3N4O9Si/c1-29(2,3)48(7,8)47-30-15(22(36-4)25(42)21(27(30)44)28(35)45)10-13-9-14-17(46-31(32,33)34)11-16(37-18(39)12-38(5)6)23(40)20(14)24(41)19(13)26(30)43/h11,13,15,22,36,40,42-43H,9-10,12H2,1-8H3,(H2,35,45)(H,37,39)/t13-,15-,22-,30?/m0/s1. The van der Waals surface area contributed by atoms with E-state index in [9.17, 15) is 47.7 Å². The highest BCUT2D eigenvalue weighted by molar-refractivity contribution is 6.74. The van der Waals surface area contributed by atoms with Crippen molar-refractivity contribution in [2.75, 3.05) is 33.0 Å². The lowest BCUT2D eigenvalue weighted by molar-refractivity contribution is -0.275. The fraction of sp³-hybridized carbons (Fsp3) is 0.548. The second kappa shape index (κ2) is 12.2. The van der Waals surface area contributed by atoms with Crippen LogP contribution in [0.1, 0.15) is 43.1 Å². The third-order valence-electron chi connectivity index (χ3n) is 9.62. The third-order valence-corrected chi connectivity index (χ3v) is 14.1. The molecule has 0 bridgehead atoms. The molecule has 0 aliphatic heterocycles. The first kappa shape index (κ1) is 36.9. The van der Waals surface area contributed by atoms with Gasteiger partial charge in [-0.25, -0.2) is 0 Å². The van der Waals surface area contributed by atoms with Crippen LogP contribution in [0.5, 0.6) is 11.5 Å². The van der Waals surface area contributed by atoms with Crippen molar-refractivity contribution in [3.05, 3.63) is 39.9 Å². The van der Waals surface area contributed by atoms with Crippen molar-refractivity contribution in [2.45, 2.75) is 69.8 Å². The van der Waals surface area contributed by atoms with Crippen LogP contribution in [0.2, 0.25) is 18.1 Å². The number of carbonyl (C=O) groups excluding carboxylic acids is 4. The average molecular weight is 699 g/mol. The Hall–Kier alpha value is -3.93. The number of amides is 2. The molecule has 7 N–H and O–H groups in total. The number of alkyl halides is 3. The van der Waals surface area contributed by atoms with E-state index in [4.69, 9.17) is 10.2 Å². The van der Waals surface area contributed by atoms with Gasteiger partial charge in [-0.05, 0) is 58.0 Å². The lowest BCUT2D eigenvalue weighted by Gasteiger charge is -2.54. The van der Waals surface area contributed by atoms with Gasteiger partial charge in [-0.15, -0.1) is 13.2 Å². The zero-order valence-electron chi connectivity index (χ0n) is 27.9. The van der Waals surface area contributed by atoms with Gasteiger partial charge in [0.25, 0.3) is 5.91 Å². The summed E-state index contributed by atoms with van der Waals surface area (Å²) in [6.07, 6.45) is -5.83. The molecule has 1 aromatic carbocycles. The van der Waals surface area contributed by atoms with Gasteiger partial charge in [-0.3, -0.25) is 19.2 Å². The molecule has 13 nitrogen and oxygen atoms in total. The number of anilines is 1. The van der Waals surface area contributed by atoms with Crippen LogP contribution in [-0.4, -0.2) is 97.6 Å². The summed E-state index contributed by atoms with van der Waals surface area (Å²) >= 11 is 0. The van der Waals surface area contributed by atoms with Gasteiger partial charge < -0.3 is 45.7 Å². The first-order chi connectivity index (χ1) is 21.9. The summed E-state index contributed by atoms with van der Waals surface area (Å²) in [6, 6.07) is -0.456. The summed E-state index contributed by atoms with van der Waals surface area (Å²) in [4.78, 5) is 55.3. The Morgan fingerprint density at radius 1 is 1.15 bits per heavy atom. The molecule has 1 aromatic rings. The van der Waals surface area contributed by atoms with E-state index < -0.39 is 118 Å². The predicted octanol–water partition coefficient (Wildman–Crippen LogP) is 3.21. The number of aliphatic hydroxyl groups is 2. The number of aromatic hydroxyl groups is 1. The molecule has 1 unspecified atom stereocenters. The van der Waals surface area contributed by atoms with E-state index in [0.29, 0.717) is 0 Å². The Labute approximate surface area is 276 Å². The molecule has 2 amide bonds. The monoisotopic (exact) mass is 698 g/mol. The number of halogens is 3. The number of nitrogens with two attached hydrogens (primary N) is 1. The smallest absolute Gasteiger partial charge is 0.510 e. The number of rotatable bonds is 8. The minimum atomic E-state index is -5.23. The molecule has 0 radical (unpaired) electrons. The molecule has 3 aliphatic carbocycles. The summed E-state index contributed by atoms with van der Waals surface area (Å²) in [6.45, 7) is 8.85. The molecule has 0 heterocycles. The number of aliphatic hydroxyl groups excluding tert-OH is 2. The SMILES string of the molecule is CN[C@@H]1C(O)=C(C(N)=O)C(=O)C2(O[Si](C)(C)C(C)(C)C)C(O)=C3C(=O)c4c(O)c(NC(=O)CN(C)C)cc(OC(F)(F)F)c4C[C@H]3C[C@@H]12. The summed E-state index contributed by atoms with van der Waals surface area (Å²) < 4.78 is 51.9. The van der Waals surface area contributed by atoms with E-state index in [1.54, 1.807) is 27.2 Å². The van der Waals surface area contributed by atoms with Crippen LogP contribution in [0.3, 0.4) is 0 Å². The van der Waals surface area contributed by atoms with Gasteiger partial charge in [-0.1, -0.05) is 20.8 Å². The van der Waals surface area contributed by atoms with Crippen molar-refractivity contribution >= 4 is 37.4 Å². The molecule has 4 rings (SSSR count). The van der Waals surface area contributed by atoms with Crippen LogP contribution in [0.4, 0.5) is 18.9 Å². The maximum atomic E-state index is 14.4. The molecule has 17 heteroatoms. The average Bonchev–Trinajstić information content (AvgIpc) is 2.90. The Kier molecular flexibility index (Phi) is 9.37. The third kappa shape index (κ3) is 6.07. The van der Waals surface area contributed by atoms with Gasteiger partial charge in [-0.2, -0.15) is 0 Å². The highest BCUT2D eigenvalue weighted by atomic mass is 28.4. The summed E-state index contributed by atoms with van der Waals surface area (Å²) in [5, 5.41) is 39.1. The number of allylic oxidation sites excluding steroid dienone is 1. The van der Waals surface area contributed by atoms with Gasteiger partial charge in [0.05, 0.1) is 23.8 Å². The first-order valence-corrected chi connectivity index (χ1v) is 18.0. The number of nitrogens with zero attached hydrogens (tertiary/aromatic N) is 1. The van der Waals surface area contributed by atoms with E-state index in [2.05, 4.69) is 15.4 Å². The van der Waals surface area contributed by atoms with E-state index >= 15 is 0 Å². The fourth-order valence-electron chi connectivity index (χ4n) is 6.54. The first-order valence-electron chi connectivity index (χ1n) is 15.1. The van der Waals surface area contributed by atoms with E-state index in [1.165, 1.54) is 11.9 Å². The second-order valence-corrected chi connectivity index (χ2v) is 18.8. The van der Waals surface area contributed by atoms with Crippen LogP contribution in [-0.2, 0) is 25.2 Å². The number of Topliss-reactive ketones (excluding diaryl/α,β-unsaturated/α-hetero) is 2. The van der Waals surface area contributed by atoms with Crippen LogP contribution in [0.15, 0.2) is 28.7 Å². The zero-order chi connectivity index (χ0) is 36.5. The number of carbonyl (C=O) groups is 4. The molecule has 0 saturated heterocycles. The Morgan fingerprint density at radius 2 is 1.75 bits per heavy atom. The molecule has 3 aliphatic rings. The maximum absolute atomic E-state index is 14.4. The fourth-order valence-corrected chi connectivity index (χ4v) is 7.99. The summed E-state index contributed by atoms with van der Waals surface area (Å²) in [7, 11) is 1.43. The largest absolute Gasteiger partial charge is 0.573 e. The van der Waals surface area contributed by atoms with Crippen molar-refractivity contribution in [3.8, 4) is 11.5 Å². The molecular formula is C31H41F3N4O9Si. The molecule has 4 atom stereocenters. The van der Waals surface area contributed by atoms with Crippen LogP contribution in [0.25, 0.3) is 0 Å². The number of nitrogens with one attached hydrogen (secondary N) is 2. The van der Waals surface area contributed by atoms with Crippen LogP contribution >= 0.6 is 0 Å². The number of ketones is 2. The van der Waals surface area contributed by atoms with Gasteiger partial charge in [0.15, 0.2) is 25.5 Å². The van der Waals surface area contributed by atoms with E-state index in [-0.39, 0.29) is 18.5 Å². The Balaban J connectivity index is 2.05. The number of fused-ring (bicyclic) bond motifs is 3. The minimum absolute atomic E-state index is 0.208. The molecule has 0 saturated carbocycles. The number of benzene rings is 1. The lowest BCUT2D eigenvalue weighted by Crippen LogP contribution is -2.68. The lowest BCUT2D eigenvalue weighted by atomic mass is 9.58. The predicted molar refractivity (Wildman–Crippen MR) is 169 cm³/mol. The van der Waals surface area contributed by atoms with Crippen LogP contribution in [0, 0.1) is 11.8 Å². The molecule has 264 valence electrons. The van der Waals surface area contributed by atoms with Crippen molar-refractivity contribution in [1.82, 2.24) is 10.2 Å². The number of hydrogen-bond acceptors (Lipinski definition) is 11. The van der Waals surface area contributed by atoms with Gasteiger partial charge >= 0.3 is 6.36 Å². The van der Waals surface area contributed by atoms with Gasteiger partial charge in [0.2, 0.25) is 11.7 Å². The highest BCUT2D eigenvalue weighted by Gasteiger charge is 2.66. The molecule has 0 spiro atoms. The number of phenolic OH excluding ortho intramolecular Hbond substituents is 1. The number of hydrogen-bond donors (Lipinski definition) is 6. The number of ether oxygens (including phenoxy) is 1. The molecular weight excluding hydrogens is 657 g/mol. The number of likely N-dealkylation sites (N-methyl/N-ethyl adjacent to an activating group) is 2. The topological polar surface area (TPSA) is 201 Å². The van der Waals surface area contributed by atoms with Crippen molar-refractivity contribution in [1.29, 1.82) is 0 Å². The molecule has 0 fully saturated rings. The Morgan fingerprint density at radius 3 is 2.25 bits per heavy atom. The van der Waals surface area contributed by atoms with Crippen molar-refractivity contribution in [2.24, 2.45) is 17.6 Å². The zero-order valence-corrected chi connectivity index (χ0v) is 28.9. The maximum Gasteiger partial charge on any atom is 0.573 e. The minimum Gasteiger partial charge on any atom is -0.510 e. The molecule has 0 aromatic heterocycles. The Bertz CT molecular complexity index is 1650. The highest BCUT2D eigenvalue weighted by Crippen LogP contribution is 2.56. The van der Waals surface area contributed by atoms with Gasteiger partial charge in [0.1, 0.15) is 22.8 Å². The van der Waals surface area contributed by atoms with Crippen LogP contribution < -0.4 is 21.1 Å². The van der Waals surface area contributed by atoms with E-state index in [0.717, 1.165) is 6.07 Å². The summed E-state index contributed by atoms with van der Waals surface area (Å²) in [5.41, 5.74) is 0.261. The second-order valence-electron chi connectivity index (χ2n) is 14.1. The normalized spacial score (nSPS) is 24.7. The summed E-state index contributed by atoms with van der Waals surface area (Å²) in [5.74, 6) is -9.94.